The van der Waals surface area contributed by atoms with Gasteiger partial charge in [-0.3, -0.25) is 0 Å². The molecule has 1 atom stereocenters. The first-order valence-electron chi connectivity index (χ1n) is 7.29. The number of hydrogen-bond donors (Lipinski definition) is 1. The highest BCUT2D eigenvalue weighted by molar-refractivity contribution is 7.89. The minimum absolute atomic E-state index is 0.0168. The van der Waals surface area contributed by atoms with Crippen LogP contribution in [0.3, 0.4) is 0 Å². The average molecular weight is 313 g/mol. The van der Waals surface area contributed by atoms with Gasteiger partial charge in [0.25, 0.3) is 0 Å². The molecular weight excluding hydrogens is 290 g/mol. The summed E-state index contributed by atoms with van der Waals surface area (Å²) in [6.45, 7) is 7.12. The van der Waals surface area contributed by atoms with E-state index in [1.165, 1.54) is 0 Å². The number of sulfonamides is 1. The van der Waals surface area contributed by atoms with Crippen LogP contribution in [0.15, 0.2) is 17.0 Å². The molecule has 0 spiro atoms. The Bertz CT molecular complexity index is 592. The molecule has 0 bridgehead atoms. The fraction of sp³-hybridized carbons (Fsp3) is 0.600. The maximum absolute atomic E-state index is 12.5. The van der Waals surface area contributed by atoms with Crippen molar-refractivity contribution >= 4 is 10.0 Å². The maximum atomic E-state index is 12.5. The highest BCUT2D eigenvalue weighted by Crippen LogP contribution is 2.26. The van der Waals surface area contributed by atoms with Gasteiger partial charge in [0, 0.05) is 19.2 Å². The van der Waals surface area contributed by atoms with Crippen molar-refractivity contribution in [3.05, 3.63) is 23.3 Å². The van der Waals surface area contributed by atoms with Crippen LogP contribution < -0.4 is 9.46 Å². The third-order valence-electron chi connectivity index (χ3n) is 3.59. The molecule has 0 aliphatic carbocycles. The highest BCUT2D eigenvalue weighted by atomic mass is 32.2. The number of nitrogens with one attached hydrogen (secondary N) is 1. The van der Waals surface area contributed by atoms with Gasteiger partial charge in [0.1, 0.15) is 5.75 Å². The summed E-state index contributed by atoms with van der Waals surface area (Å²) >= 11 is 0. The van der Waals surface area contributed by atoms with Crippen molar-refractivity contribution in [3.63, 3.8) is 0 Å². The SMILES string of the molecule is CCOc1cc(S(=O)(=O)NC[C@H]2CCCO2)c(C)cc1C. The van der Waals surface area contributed by atoms with Crippen LogP contribution in [0.4, 0.5) is 0 Å². The van der Waals surface area contributed by atoms with Crippen molar-refractivity contribution in [3.8, 4) is 5.75 Å². The van der Waals surface area contributed by atoms with Gasteiger partial charge in [-0.25, -0.2) is 13.1 Å². The minimum Gasteiger partial charge on any atom is -0.494 e. The van der Waals surface area contributed by atoms with Gasteiger partial charge in [-0.15, -0.1) is 0 Å². The Kier molecular flexibility index (Phi) is 5.24. The fourth-order valence-corrected chi connectivity index (χ4v) is 3.81. The second-order valence-corrected chi connectivity index (χ2v) is 7.04. The molecule has 0 amide bonds. The summed E-state index contributed by atoms with van der Waals surface area (Å²) < 4.78 is 38.5. The van der Waals surface area contributed by atoms with Crippen molar-refractivity contribution < 1.29 is 17.9 Å². The van der Waals surface area contributed by atoms with E-state index in [1.807, 2.05) is 19.9 Å². The van der Waals surface area contributed by atoms with Crippen LogP contribution in [0.1, 0.15) is 30.9 Å². The monoisotopic (exact) mass is 313 g/mol. The average Bonchev–Trinajstić information content (AvgIpc) is 2.93. The minimum atomic E-state index is -3.55. The van der Waals surface area contributed by atoms with E-state index in [0.717, 1.165) is 24.0 Å². The summed E-state index contributed by atoms with van der Waals surface area (Å²) in [6, 6.07) is 3.44. The summed E-state index contributed by atoms with van der Waals surface area (Å²) in [4.78, 5) is 0.273. The zero-order valence-corrected chi connectivity index (χ0v) is 13.6. The molecule has 0 unspecified atom stereocenters. The molecule has 6 heteroatoms. The first kappa shape index (κ1) is 16.3. The van der Waals surface area contributed by atoms with Crippen LogP contribution in [0, 0.1) is 13.8 Å². The molecule has 5 nitrogen and oxygen atoms in total. The van der Waals surface area contributed by atoms with E-state index < -0.39 is 10.0 Å². The third-order valence-corrected chi connectivity index (χ3v) is 5.15. The molecule has 0 saturated carbocycles. The Morgan fingerprint density at radius 2 is 2.10 bits per heavy atom. The summed E-state index contributed by atoms with van der Waals surface area (Å²) in [7, 11) is -3.55. The van der Waals surface area contributed by atoms with E-state index in [0.29, 0.717) is 25.5 Å². The quantitative estimate of drug-likeness (QED) is 0.874. The van der Waals surface area contributed by atoms with Crippen molar-refractivity contribution in [2.75, 3.05) is 19.8 Å². The Morgan fingerprint density at radius 3 is 2.71 bits per heavy atom. The predicted molar refractivity (Wildman–Crippen MR) is 81.2 cm³/mol. The normalized spacial score (nSPS) is 18.9. The molecule has 1 N–H and O–H groups in total. The van der Waals surface area contributed by atoms with Crippen LogP contribution in [-0.4, -0.2) is 34.3 Å². The Labute approximate surface area is 126 Å². The number of hydrogen-bond acceptors (Lipinski definition) is 4. The van der Waals surface area contributed by atoms with Crippen LogP contribution in [0.25, 0.3) is 0 Å². The van der Waals surface area contributed by atoms with Crippen molar-refractivity contribution in [1.82, 2.24) is 4.72 Å². The standard InChI is InChI=1S/C15H23NO4S/c1-4-19-14-9-15(12(3)8-11(14)2)21(17,18)16-10-13-6-5-7-20-13/h8-9,13,16H,4-7,10H2,1-3H3/t13-/m1/s1. The Balaban J connectivity index is 2.19. The van der Waals surface area contributed by atoms with Gasteiger partial charge in [-0.05, 0) is 44.7 Å². The summed E-state index contributed by atoms with van der Waals surface area (Å²) in [6.07, 6.45) is 1.88. The van der Waals surface area contributed by atoms with E-state index in [1.54, 1.807) is 13.0 Å². The van der Waals surface area contributed by atoms with Gasteiger partial charge >= 0.3 is 0 Å². The van der Waals surface area contributed by atoms with Crippen LogP contribution in [-0.2, 0) is 14.8 Å². The number of rotatable bonds is 6. The molecule has 1 fully saturated rings. The molecule has 21 heavy (non-hydrogen) atoms. The second kappa shape index (κ2) is 6.77. The van der Waals surface area contributed by atoms with Gasteiger partial charge in [-0.2, -0.15) is 0 Å². The summed E-state index contributed by atoms with van der Waals surface area (Å²) in [5, 5.41) is 0. The van der Waals surface area contributed by atoms with E-state index in [9.17, 15) is 8.42 Å². The first-order chi connectivity index (χ1) is 9.94. The molecule has 1 aromatic carbocycles. The van der Waals surface area contributed by atoms with Crippen molar-refractivity contribution in [2.45, 2.75) is 44.6 Å². The zero-order valence-electron chi connectivity index (χ0n) is 12.8. The van der Waals surface area contributed by atoms with Crippen molar-refractivity contribution in [1.29, 1.82) is 0 Å². The van der Waals surface area contributed by atoms with Crippen LogP contribution in [0.2, 0.25) is 0 Å². The Hall–Kier alpha value is -1.11. The van der Waals surface area contributed by atoms with Crippen LogP contribution in [0.5, 0.6) is 5.75 Å². The summed E-state index contributed by atoms with van der Waals surface area (Å²) in [5.74, 6) is 0.612. The number of ether oxygens (including phenoxy) is 2. The lowest BCUT2D eigenvalue weighted by molar-refractivity contribution is 0.114. The predicted octanol–water partition coefficient (Wildman–Crippen LogP) is 2.16. The number of benzene rings is 1. The van der Waals surface area contributed by atoms with E-state index in [-0.39, 0.29) is 11.0 Å². The number of aryl methyl sites for hydroxylation is 2. The maximum Gasteiger partial charge on any atom is 0.241 e. The van der Waals surface area contributed by atoms with Gasteiger partial charge in [0.2, 0.25) is 10.0 Å². The molecular formula is C15H23NO4S. The second-order valence-electron chi connectivity index (χ2n) is 5.30. The molecule has 1 heterocycles. The third kappa shape index (κ3) is 3.96. The fourth-order valence-electron chi connectivity index (χ4n) is 2.50. The lowest BCUT2D eigenvalue weighted by atomic mass is 10.1. The molecule has 0 aromatic heterocycles. The highest BCUT2D eigenvalue weighted by Gasteiger charge is 2.22. The van der Waals surface area contributed by atoms with Crippen LogP contribution >= 0.6 is 0 Å². The molecule has 0 radical (unpaired) electrons. The summed E-state index contributed by atoms with van der Waals surface area (Å²) in [5.41, 5.74) is 1.66. The molecule has 1 saturated heterocycles. The van der Waals surface area contributed by atoms with Gasteiger partial charge in [-0.1, -0.05) is 6.07 Å². The van der Waals surface area contributed by atoms with E-state index >= 15 is 0 Å². The van der Waals surface area contributed by atoms with E-state index in [4.69, 9.17) is 9.47 Å². The molecule has 118 valence electrons. The molecule has 2 rings (SSSR count). The van der Waals surface area contributed by atoms with Gasteiger partial charge in [0.05, 0.1) is 17.6 Å². The van der Waals surface area contributed by atoms with Gasteiger partial charge in [0.15, 0.2) is 0 Å². The van der Waals surface area contributed by atoms with E-state index in [2.05, 4.69) is 4.72 Å². The lowest BCUT2D eigenvalue weighted by Crippen LogP contribution is -2.32. The topological polar surface area (TPSA) is 64.6 Å². The molecule has 1 aliphatic heterocycles. The smallest absolute Gasteiger partial charge is 0.241 e. The van der Waals surface area contributed by atoms with Gasteiger partial charge < -0.3 is 9.47 Å². The van der Waals surface area contributed by atoms with Crippen molar-refractivity contribution in [2.24, 2.45) is 0 Å². The molecule has 1 aliphatic rings. The molecule has 1 aromatic rings. The zero-order chi connectivity index (χ0) is 15.5. The lowest BCUT2D eigenvalue weighted by Gasteiger charge is -2.15. The largest absolute Gasteiger partial charge is 0.494 e. The Morgan fingerprint density at radius 1 is 1.33 bits per heavy atom. The first-order valence-corrected chi connectivity index (χ1v) is 8.77.